The van der Waals surface area contributed by atoms with Crippen molar-refractivity contribution in [1.82, 2.24) is 0 Å². The smallest absolute Gasteiger partial charge is 0.338 e. The van der Waals surface area contributed by atoms with E-state index in [0.717, 1.165) is 42.5 Å². The molecule has 0 saturated heterocycles. The van der Waals surface area contributed by atoms with Gasteiger partial charge in [0.2, 0.25) is 0 Å². The van der Waals surface area contributed by atoms with Crippen LogP contribution >= 0.6 is 11.3 Å². The third kappa shape index (κ3) is 4.33. The van der Waals surface area contributed by atoms with Crippen molar-refractivity contribution in [3.8, 4) is 12.1 Å². The van der Waals surface area contributed by atoms with Crippen LogP contribution in [0.15, 0.2) is 24.3 Å². The van der Waals surface area contributed by atoms with Gasteiger partial charge in [-0.05, 0) is 55.5 Å². The van der Waals surface area contributed by atoms with Crippen LogP contribution in [0.25, 0.3) is 0 Å². The van der Waals surface area contributed by atoms with Crippen LogP contribution in [0.3, 0.4) is 0 Å². The van der Waals surface area contributed by atoms with Crippen molar-refractivity contribution in [2.45, 2.75) is 32.1 Å². The predicted octanol–water partition coefficient (Wildman–Crippen LogP) is 3.56. The highest BCUT2D eigenvalue weighted by Gasteiger charge is 2.21. The van der Waals surface area contributed by atoms with E-state index in [0.29, 0.717) is 16.1 Å². The molecule has 0 radical (unpaired) electrons. The third-order valence-corrected chi connectivity index (χ3v) is 5.58. The Bertz CT molecular complexity index is 949. The molecule has 0 aliphatic heterocycles. The number of aryl methyl sites for hydroxylation is 1. The molecular weight excluding hydrogens is 362 g/mol. The molecule has 6 nitrogen and oxygen atoms in total. The van der Waals surface area contributed by atoms with Crippen LogP contribution in [-0.2, 0) is 22.4 Å². The monoisotopic (exact) mass is 379 g/mol. The molecule has 3 rings (SSSR count). The fraction of sp³-hybridized carbons (Fsp3) is 0.300. The summed E-state index contributed by atoms with van der Waals surface area (Å²) in [7, 11) is 0. The number of rotatable bonds is 4. The molecule has 0 saturated carbocycles. The van der Waals surface area contributed by atoms with Crippen LogP contribution in [0.4, 0.5) is 5.00 Å². The van der Waals surface area contributed by atoms with Crippen molar-refractivity contribution >= 4 is 28.2 Å². The van der Waals surface area contributed by atoms with Gasteiger partial charge >= 0.3 is 5.97 Å². The lowest BCUT2D eigenvalue weighted by molar-refractivity contribution is -0.119. The van der Waals surface area contributed by atoms with Gasteiger partial charge in [-0.25, -0.2) is 4.79 Å². The fourth-order valence-electron chi connectivity index (χ4n) is 3.01. The Labute approximate surface area is 161 Å². The summed E-state index contributed by atoms with van der Waals surface area (Å²) in [4.78, 5) is 25.3. The molecule has 0 atom stereocenters. The van der Waals surface area contributed by atoms with Crippen LogP contribution in [0.5, 0.6) is 0 Å². The van der Waals surface area contributed by atoms with E-state index in [4.69, 9.17) is 10.00 Å². The molecule has 1 aromatic carbocycles. The molecule has 1 aliphatic carbocycles. The summed E-state index contributed by atoms with van der Waals surface area (Å²) in [5, 5.41) is 21.5. The molecule has 7 heteroatoms. The topological polar surface area (TPSA) is 103 Å². The molecule has 1 aliphatic rings. The quantitative estimate of drug-likeness (QED) is 0.646. The van der Waals surface area contributed by atoms with Crippen LogP contribution in [-0.4, -0.2) is 18.5 Å². The number of hydrogen-bond acceptors (Lipinski definition) is 6. The van der Waals surface area contributed by atoms with E-state index >= 15 is 0 Å². The van der Waals surface area contributed by atoms with Crippen LogP contribution in [0, 0.1) is 22.7 Å². The number of esters is 1. The SMILES string of the molecule is N#Cc1ccc(C(=O)OCC(=O)Nc2sc3c(c2C#N)CCCCC3)cc1. The van der Waals surface area contributed by atoms with Crippen molar-refractivity contribution in [1.29, 1.82) is 10.5 Å². The van der Waals surface area contributed by atoms with Gasteiger partial charge in [-0.1, -0.05) is 6.42 Å². The second-order valence-corrected chi connectivity index (χ2v) is 7.30. The molecule has 1 heterocycles. The molecule has 0 fully saturated rings. The second kappa shape index (κ2) is 8.48. The Balaban J connectivity index is 1.62. The normalized spacial score (nSPS) is 12.8. The van der Waals surface area contributed by atoms with Crippen LogP contribution < -0.4 is 5.32 Å². The molecular formula is C20H17N3O3S. The van der Waals surface area contributed by atoms with E-state index in [2.05, 4.69) is 11.4 Å². The van der Waals surface area contributed by atoms with Gasteiger partial charge in [0.05, 0.1) is 22.8 Å². The number of benzene rings is 1. The zero-order valence-electron chi connectivity index (χ0n) is 14.6. The summed E-state index contributed by atoms with van der Waals surface area (Å²) >= 11 is 1.44. The number of ether oxygens (including phenoxy) is 1. The third-order valence-electron chi connectivity index (χ3n) is 4.37. The molecule has 1 N–H and O–H groups in total. The molecule has 1 amide bonds. The van der Waals surface area contributed by atoms with Gasteiger partial charge in [0.1, 0.15) is 11.1 Å². The number of amides is 1. The van der Waals surface area contributed by atoms with Crippen molar-refractivity contribution in [2.75, 3.05) is 11.9 Å². The zero-order chi connectivity index (χ0) is 19.2. The van der Waals surface area contributed by atoms with Crippen molar-refractivity contribution in [3.05, 3.63) is 51.4 Å². The molecule has 0 bridgehead atoms. The zero-order valence-corrected chi connectivity index (χ0v) is 15.4. The summed E-state index contributed by atoms with van der Waals surface area (Å²) in [6.07, 6.45) is 5.08. The first-order valence-corrected chi connectivity index (χ1v) is 9.46. The first-order chi connectivity index (χ1) is 13.1. The second-order valence-electron chi connectivity index (χ2n) is 6.19. The maximum Gasteiger partial charge on any atom is 0.338 e. The summed E-state index contributed by atoms with van der Waals surface area (Å²) in [5.41, 5.74) is 2.28. The van der Waals surface area contributed by atoms with E-state index in [-0.39, 0.29) is 5.56 Å². The minimum atomic E-state index is -0.642. The van der Waals surface area contributed by atoms with Gasteiger partial charge < -0.3 is 10.1 Å². The lowest BCUT2D eigenvalue weighted by Crippen LogP contribution is -2.20. The van der Waals surface area contributed by atoms with Crippen molar-refractivity contribution < 1.29 is 14.3 Å². The Morgan fingerprint density at radius 2 is 1.81 bits per heavy atom. The van der Waals surface area contributed by atoms with E-state index < -0.39 is 18.5 Å². The first-order valence-electron chi connectivity index (χ1n) is 8.64. The molecule has 0 spiro atoms. The molecule has 1 aromatic heterocycles. The van der Waals surface area contributed by atoms with E-state index in [1.54, 1.807) is 0 Å². The number of anilines is 1. The highest BCUT2D eigenvalue weighted by atomic mass is 32.1. The fourth-order valence-corrected chi connectivity index (χ4v) is 4.26. The number of nitrogens with one attached hydrogen (secondary N) is 1. The molecule has 2 aromatic rings. The van der Waals surface area contributed by atoms with Gasteiger partial charge in [-0.15, -0.1) is 11.3 Å². The van der Waals surface area contributed by atoms with E-state index in [1.165, 1.54) is 35.6 Å². The van der Waals surface area contributed by atoms with E-state index in [9.17, 15) is 14.9 Å². The van der Waals surface area contributed by atoms with Crippen molar-refractivity contribution in [3.63, 3.8) is 0 Å². The maximum absolute atomic E-state index is 12.2. The van der Waals surface area contributed by atoms with Gasteiger partial charge in [-0.2, -0.15) is 10.5 Å². The standard InChI is InChI=1S/C20H17N3O3S/c21-10-13-6-8-14(9-7-13)20(25)26-12-18(24)23-19-16(11-22)15-4-2-1-3-5-17(15)27-19/h6-9H,1-5,12H2,(H,23,24). The van der Waals surface area contributed by atoms with Gasteiger partial charge in [0, 0.05) is 4.88 Å². The van der Waals surface area contributed by atoms with Gasteiger partial charge in [0.25, 0.3) is 5.91 Å². The molecule has 27 heavy (non-hydrogen) atoms. The lowest BCUT2D eigenvalue weighted by atomic mass is 10.1. The first kappa shape index (κ1) is 18.6. The highest BCUT2D eigenvalue weighted by Crippen LogP contribution is 2.36. The lowest BCUT2D eigenvalue weighted by Gasteiger charge is -2.06. The van der Waals surface area contributed by atoms with Gasteiger partial charge in [-0.3, -0.25) is 4.79 Å². The summed E-state index contributed by atoms with van der Waals surface area (Å²) < 4.78 is 5.02. The van der Waals surface area contributed by atoms with Crippen molar-refractivity contribution in [2.24, 2.45) is 0 Å². The summed E-state index contributed by atoms with van der Waals surface area (Å²) in [6, 6.07) is 10.1. The Morgan fingerprint density at radius 3 is 2.52 bits per heavy atom. The van der Waals surface area contributed by atoms with E-state index in [1.807, 2.05) is 6.07 Å². The maximum atomic E-state index is 12.2. The molecule has 136 valence electrons. The summed E-state index contributed by atoms with van der Waals surface area (Å²) in [6.45, 7) is -0.438. The molecule has 0 unspecified atom stereocenters. The van der Waals surface area contributed by atoms with Gasteiger partial charge in [0.15, 0.2) is 6.61 Å². The average Bonchev–Trinajstić information content (AvgIpc) is 2.85. The average molecular weight is 379 g/mol. The number of fused-ring (bicyclic) bond motifs is 1. The number of carbonyl (C=O) groups excluding carboxylic acids is 2. The number of nitrogens with zero attached hydrogens (tertiary/aromatic N) is 2. The highest BCUT2D eigenvalue weighted by molar-refractivity contribution is 7.16. The Hall–Kier alpha value is -3.16. The van der Waals surface area contributed by atoms with Crippen LogP contribution in [0.1, 0.15) is 51.2 Å². The number of nitriles is 2. The summed E-state index contributed by atoms with van der Waals surface area (Å²) in [5.74, 6) is -1.12. The minimum Gasteiger partial charge on any atom is -0.452 e. The van der Waals surface area contributed by atoms with Crippen LogP contribution in [0.2, 0.25) is 0 Å². The Morgan fingerprint density at radius 1 is 1.07 bits per heavy atom. The minimum absolute atomic E-state index is 0.266. The number of carbonyl (C=O) groups is 2. The largest absolute Gasteiger partial charge is 0.452 e. The Kier molecular flexibility index (Phi) is 5.85. The number of thiophene rings is 1. The number of hydrogen-bond donors (Lipinski definition) is 1. The predicted molar refractivity (Wildman–Crippen MR) is 100 cm³/mol.